The Morgan fingerprint density at radius 1 is 0.882 bits per heavy atom. The molecule has 1 amide bonds. The van der Waals surface area contributed by atoms with Gasteiger partial charge in [-0.25, -0.2) is 9.97 Å². The van der Waals surface area contributed by atoms with Crippen LogP contribution in [0.1, 0.15) is 5.56 Å². The van der Waals surface area contributed by atoms with Gasteiger partial charge in [-0.3, -0.25) is 4.79 Å². The van der Waals surface area contributed by atoms with Gasteiger partial charge in [-0.05, 0) is 28.6 Å². The SMILES string of the molecule is B/C(C(=O)Nc1cc2cc(-c3cncn3C)ccc2cn1)=C(/B)c1c(B)c(B)c(B)c(B)c1B. The molecule has 4 rings (SSSR count). The van der Waals surface area contributed by atoms with Crippen LogP contribution in [-0.4, -0.2) is 75.4 Å². The Morgan fingerprint density at radius 3 is 2.15 bits per heavy atom. The fourth-order valence-electron chi connectivity index (χ4n) is 4.63. The van der Waals surface area contributed by atoms with Gasteiger partial charge in [-0.1, -0.05) is 28.5 Å². The maximum Gasteiger partial charge on any atom is 0.242 e. The lowest BCUT2D eigenvalue weighted by atomic mass is 9.57. The van der Waals surface area contributed by atoms with Crippen molar-refractivity contribution < 1.29 is 4.79 Å². The molecule has 34 heavy (non-hydrogen) atoms. The summed E-state index contributed by atoms with van der Waals surface area (Å²) in [6, 6.07) is 8.12. The molecule has 2 aromatic heterocycles. The number of imidazole rings is 1. The third-order valence-corrected chi connectivity index (χ3v) is 7.35. The van der Waals surface area contributed by atoms with Gasteiger partial charge in [0.1, 0.15) is 60.7 Å². The maximum absolute atomic E-state index is 13.2. The second-order valence-corrected chi connectivity index (χ2v) is 9.23. The summed E-state index contributed by atoms with van der Waals surface area (Å²) >= 11 is 0. The lowest BCUT2D eigenvalue weighted by Crippen LogP contribution is -2.56. The van der Waals surface area contributed by atoms with E-state index in [0.717, 1.165) is 27.5 Å². The van der Waals surface area contributed by atoms with E-state index in [-0.39, 0.29) is 5.91 Å². The number of amides is 1. The molecule has 0 saturated carbocycles. The van der Waals surface area contributed by atoms with Crippen molar-refractivity contribution in [2.45, 2.75) is 0 Å². The molecule has 0 saturated heterocycles. The van der Waals surface area contributed by atoms with Crippen LogP contribution in [0.4, 0.5) is 5.82 Å². The van der Waals surface area contributed by atoms with Crippen molar-refractivity contribution in [3.8, 4) is 11.3 Å². The summed E-state index contributed by atoms with van der Waals surface area (Å²) in [5, 5.41) is 5.03. The minimum atomic E-state index is -0.137. The second-order valence-electron chi connectivity index (χ2n) is 9.23. The number of hydrogen-bond acceptors (Lipinski definition) is 3. The number of hydrogen-bond donors (Lipinski definition) is 1. The fraction of sp³-hybridized carbons (Fsp3) is 0.0455. The van der Waals surface area contributed by atoms with Crippen LogP contribution in [-0.2, 0) is 11.8 Å². The zero-order valence-electron chi connectivity index (χ0n) is 21.3. The number of aryl methyl sites for hydroxylation is 1. The molecule has 0 radical (unpaired) electrons. The Hall–Kier alpha value is -3.28. The lowest BCUT2D eigenvalue weighted by molar-refractivity contribution is -0.112. The van der Waals surface area contributed by atoms with Crippen molar-refractivity contribution >= 4 is 110 Å². The molecule has 5 nitrogen and oxygen atoms in total. The highest BCUT2D eigenvalue weighted by Crippen LogP contribution is 2.25. The quantitative estimate of drug-likeness (QED) is 0.255. The first-order valence-electron chi connectivity index (χ1n) is 11.5. The lowest BCUT2D eigenvalue weighted by Gasteiger charge is -2.22. The van der Waals surface area contributed by atoms with Gasteiger partial charge >= 0.3 is 0 Å². The van der Waals surface area contributed by atoms with Crippen LogP contribution in [0.2, 0.25) is 0 Å². The monoisotopic (exact) mass is 438 g/mol. The van der Waals surface area contributed by atoms with E-state index in [1.165, 1.54) is 32.9 Å². The molecule has 0 aliphatic carbocycles. The van der Waals surface area contributed by atoms with Crippen molar-refractivity contribution in [1.82, 2.24) is 14.5 Å². The van der Waals surface area contributed by atoms with E-state index in [1.54, 1.807) is 12.5 Å². The Kier molecular flexibility index (Phi) is 6.44. The Bertz CT molecular complexity index is 1470. The molecular weight excluding hydrogens is 412 g/mol. The summed E-state index contributed by atoms with van der Waals surface area (Å²) in [6.07, 6.45) is 5.43. The van der Waals surface area contributed by atoms with Crippen LogP contribution in [0.3, 0.4) is 0 Å². The van der Waals surface area contributed by atoms with Gasteiger partial charge in [-0.2, -0.15) is 0 Å². The highest BCUT2D eigenvalue weighted by molar-refractivity contribution is 6.70. The van der Waals surface area contributed by atoms with Crippen LogP contribution >= 0.6 is 0 Å². The first-order chi connectivity index (χ1) is 16.1. The molecule has 0 aliphatic heterocycles. The molecule has 0 spiro atoms. The van der Waals surface area contributed by atoms with E-state index in [1.807, 2.05) is 45.6 Å². The minimum absolute atomic E-state index is 0.137. The number of anilines is 1. The fourth-order valence-corrected chi connectivity index (χ4v) is 4.63. The van der Waals surface area contributed by atoms with E-state index in [2.05, 4.69) is 66.6 Å². The third kappa shape index (κ3) is 4.17. The molecule has 0 fully saturated rings. The first-order valence-corrected chi connectivity index (χ1v) is 11.5. The van der Waals surface area contributed by atoms with Crippen LogP contribution in [0.25, 0.3) is 27.5 Å². The van der Waals surface area contributed by atoms with E-state index < -0.39 is 0 Å². The number of nitrogens with one attached hydrogen (secondary N) is 1. The summed E-state index contributed by atoms with van der Waals surface area (Å²) < 4.78 is 1.99. The molecule has 12 heteroatoms. The molecule has 0 aliphatic rings. The van der Waals surface area contributed by atoms with Gasteiger partial charge in [-0.15, -0.1) is 16.4 Å². The smallest absolute Gasteiger partial charge is 0.242 e. The normalized spacial score (nSPS) is 11.9. The van der Waals surface area contributed by atoms with Crippen molar-refractivity contribution in [2.24, 2.45) is 7.05 Å². The summed E-state index contributed by atoms with van der Waals surface area (Å²) in [7, 11) is 16.7. The van der Waals surface area contributed by atoms with Crippen LogP contribution in [0.5, 0.6) is 0 Å². The summed E-state index contributed by atoms with van der Waals surface area (Å²) in [5.74, 6) is 0.401. The predicted octanol–water partition coefficient (Wildman–Crippen LogP) is -6.50. The topological polar surface area (TPSA) is 59.8 Å². The molecular formula is C22H25B7N4O. The molecule has 4 aromatic rings. The van der Waals surface area contributed by atoms with Crippen LogP contribution in [0, 0.1) is 0 Å². The molecule has 2 aromatic carbocycles. The van der Waals surface area contributed by atoms with Crippen molar-refractivity contribution in [2.75, 3.05) is 5.32 Å². The molecule has 0 unspecified atom stereocenters. The van der Waals surface area contributed by atoms with Crippen molar-refractivity contribution in [3.05, 3.63) is 54.0 Å². The van der Waals surface area contributed by atoms with Crippen molar-refractivity contribution in [3.63, 3.8) is 0 Å². The van der Waals surface area contributed by atoms with E-state index in [9.17, 15) is 4.79 Å². The number of pyridine rings is 1. The minimum Gasteiger partial charge on any atom is -0.334 e. The Balaban J connectivity index is 1.68. The van der Waals surface area contributed by atoms with E-state index >= 15 is 0 Å². The Labute approximate surface area is 207 Å². The number of rotatable bonds is 4. The Morgan fingerprint density at radius 2 is 1.53 bits per heavy atom. The van der Waals surface area contributed by atoms with E-state index in [4.69, 9.17) is 0 Å². The highest BCUT2D eigenvalue weighted by Gasteiger charge is 2.16. The van der Waals surface area contributed by atoms with Gasteiger partial charge in [0, 0.05) is 24.2 Å². The summed E-state index contributed by atoms with van der Waals surface area (Å²) in [4.78, 5) is 21.9. The van der Waals surface area contributed by atoms with E-state index in [0.29, 0.717) is 11.3 Å². The molecule has 0 bridgehead atoms. The van der Waals surface area contributed by atoms with Gasteiger partial charge in [0.05, 0.1) is 18.2 Å². The van der Waals surface area contributed by atoms with Gasteiger partial charge < -0.3 is 9.88 Å². The standard InChI is InChI=1S/C22H25B7N4O/c1-33-8-30-7-12(33)9-2-3-10-6-31-13(5-11(10)4-9)32-22(34)21(29)17(25)14-15(23)18(26)20(28)19(27)16(14)24/h2-8H,23-29H2,1H3,(H,31,32,34)/b21-17+. The largest absolute Gasteiger partial charge is 0.334 e. The molecule has 0 atom stereocenters. The summed E-state index contributed by atoms with van der Waals surface area (Å²) in [6.45, 7) is 0. The first kappa shape index (κ1) is 23.9. The van der Waals surface area contributed by atoms with Crippen LogP contribution in [0.15, 0.2) is 48.5 Å². The van der Waals surface area contributed by atoms with Gasteiger partial charge in [0.15, 0.2) is 0 Å². The number of fused-ring (bicyclic) bond motifs is 1. The summed E-state index contributed by atoms with van der Waals surface area (Å²) in [5.41, 5.74) is 11.3. The third-order valence-electron chi connectivity index (χ3n) is 7.35. The predicted molar refractivity (Wildman–Crippen MR) is 164 cm³/mol. The average Bonchev–Trinajstić information content (AvgIpc) is 3.26. The highest BCUT2D eigenvalue weighted by atomic mass is 16.1. The second kappa shape index (κ2) is 9.17. The number of nitrogens with zero attached hydrogens (tertiary/aromatic N) is 3. The average molecular weight is 437 g/mol. The number of benzene rings is 2. The van der Waals surface area contributed by atoms with Gasteiger partial charge in [0.25, 0.3) is 0 Å². The van der Waals surface area contributed by atoms with Gasteiger partial charge in [0.2, 0.25) is 5.91 Å². The maximum atomic E-state index is 13.2. The number of carbonyl (C=O) groups is 1. The number of aromatic nitrogens is 3. The molecule has 1 N–H and O–H groups in total. The zero-order chi connectivity index (χ0) is 24.7. The molecule has 160 valence electrons. The van der Waals surface area contributed by atoms with Crippen LogP contribution < -0.4 is 32.6 Å². The number of carbonyl (C=O) groups excluding carboxylic acids is 1. The van der Waals surface area contributed by atoms with Crippen molar-refractivity contribution in [1.29, 1.82) is 0 Å². The molecule has 2 heterocycles. The zero-order valence-corrected chi connectivity index (χ0v) is 21.3.